The van der Waals surface area contributed by atoms with Gasteiger partial charge in [-0.1, -0.05) is 57.5 Å². The van der Waals surface area contributed by atoms with Crippen LogP contribution in [0.4, 0.5) is 0 Å². The molecule has 19 heavy (non-hydrogen) atoms. The average Bonchev–Trinajstić information content (AvgIpc) is 2.43. The normalized spacial score (nSPS) is 29.1. The van der Waals surface area contributed by atoms with Gasteiger partial charge in [0.2, 0.25) is 0 Å². The van der Waals surface area contributed by atoms with Crippen molar-refractivity contribution in [3.63, 3.8) is 0 Å². The van der Waals surface area contributed by atoms with E-state index >= 15 is 0 Å². The Hall–Kier alpha value is -0.820. The molecule has 0 saturated heterocycles. The summed E-state index contributed by atoms with van der Waals surface area (Å²) in [6.45, 7) is 7.10. The molecule has 1 aliphatic carbocycles. The molecule has 0 spiro atoms. The molecule has 1 N–H and O–H groups in total. The van der Waals surface area contributed by atoms with E-state index in [1.54, 1.807) is 0 Å². The molecule has 0 heterocycles. The summed E-state index contributed by atoms with van der Waals surface area (Å²) >= 11 is 0. The predicted octanol–water partition coefficient (Wildman–Crippen LogP) is 4.94. The molecule has 0 aliphatic heterocycles. The van der Waals surface area contributed by atoms with Crippen molar-refractivity contribution in [2.75, 3.05) is 0 Å². The van der Waals surface area contributed by atoms with Crippen LogP contribution in [0.15, 0.2) is 30.3 Å². The van der Waals surface area contributed by atoms with E-state index in [-0.39, 0.29) is 0 Å². The van der Waals surface area contributed by atoms with E-state index in [0.29, 0.717) is 12.1 Å². The van der Waals surface area contributed by atoms with Crippen LogP contribution in [0.3, 0.4) is 0 Å². The maximum absolute atomic E-state index is 3.92. The fourth-order valence-corrected chi connectivity index (χ4v) is 3.30. The summed E-state index contributed by atoms with van der Waals surface area (Å²) in [5.74, 6) is 1.77. The second kappa shape index (κ2) is 7.09. The van der Waals surface area contributed by atoms with Gasteiger partial charge in [-0.3, -0.25) is 0 Å². The number of hydrogen-bond acceptors (Lipinski definition) is 1. The monoisotopic (exact) mass is 259 g/mol. The topological polar surface area (TPSA) is 12.0 Å². The van der Waals surface area contributed by atoms with E-state index in [1.165, 1.54) is 37.7 Å². The van der Waals surface area contributed by atoms with E-state index in [2.05, 4.69) is 56.4 Å². The molecule has 106 valence electrons. The Bertz CT molecular complexity index is 359. The standard InChI is InChI=1S/C18H29N/c1-4-8-18(16-9-6-5-7-10-16)19-17-12-11-14(2)15(3)13-17/h5-7,9-10,14-15,17-19H,4,8,11-13H2,1-3H3. The second-order valence-corrected chi connectivity index (χ2v) is 6.38. The zero-order valence-corrected chi connectivity index (χ0v) is 12.7. The van der Waals surface area contributed by atoms with Gasteiger partial charge in [-0.15, -0.1) is 0 Å². The highest BCUT2D eigenvalue weighted by atomic mass is 15.0. The Morgan fingerprint density at radius 2 is 1.84 bits per heavy atom. The molecule has 2 rings (SSSR count). The minimum absolute atomic E-state index is 0.539. The fraction of sp³-hybridized carbons (Fsp3) is 0.667. The van der Waals surface area contributed by atoms with Crippen molar-refractivity contribution in [1.29, 1.82) is 0 Å². The van der Waals surface area contributed by atoms with Crippen LogP contribution in [-0.2, 0) is 0 Å². The molecule has 1 aromatic carbocycles. The molecule has 1 nitrogen and oxygen atoms in total. The van der Waals surface area contributed by atoms with Gasteiger partial charge in [-0.25, -0.2) is 0 Å². The third-order valence-electron chi connectivity index (χ3n) is 4.81. The van der Waals surface area contributed by atoms with Gasteiger partial charge in [0.15, 0.2) is 0 Å². The summed E-state index contributed by atoms with van der Waals surface area (Å²) in [7, 11) is 0. The first-order valence-corrected chi connectivity index (χ1v) is 8.01. The summed E-state index contributed by atoms with van der Waals surface area (Å²) < 4.78 is 0. The molecule has 4 atom stereocenters. The SMILES string of the molecule is CCCC(NC1CCC(C)C(C)C1)c1ccccc1. The third kappa shape index (κ3) is 4.07. The van der Waals surface area contributed by atoms with E-state index < -0.39 is 0 Å². The van der Waals surface area contributed by atoms with E-state index in [4.69, 9.17) is 0 Å². The van der Waals surface area contributed by atoms with Gasteiger partial charge in [-0.2, -0.15) is 0 Å². The summed E-state index contributed by atoms with van der Waals surface area (Å²) in [6, 6.07) is 12.2. The molecule has 1 aliphatic rings. The van der Waals surface area contributed by atoms with Gasteiger partial charge in [0.05, 0.1) is 0 Å². The first-order chi connectivity index (χ1) is 9.20. The molecular weight excluding hydrogens is 230 g/mol. The van der Waals surface area contributed by atoms with Crippen molar-refractivity contribution >= 4 is 0 Å². The van der Waals surface area contributed by atoms with Crippen LogP contribution < -0.4 is 5.32 Å². The Morgan fingerprint density at radius 3 is 2.47 bits per heavy atom. The van der Waals surface area contributed by atoms with Crippen molar-refractivity contribution in [3.8, 4) is 0 Å². The Kier molecular flexibility index (Phi) is 5.45. The van der Waals surface area contributed by atoms with E-state index in [9.17, 15) is 0 Å². The molecule has 1 heteroatoms. The van der Waals surface area contributed by atoms with E-state index in [1.807, 2.05) is 0 Å². The molecule has 0 amide bonds. The van der Waals surface area contributed by atoms with Crippen LogP contribution in [0, 0.1) is 11.8 Å². The summed E-state index contributed by atoms with van der Waals surface area (Å²) in [4.78, 5) is 0. The highest BCUT2D eigenvalue weighted by Crippen LogP contribution is 2.31. The largest absolute Gasteiger partial charge is 0.307 e. The molecule has 1 aromatic rings. The van der Waals surface area contributed by atoms with Crippen molar-refractivity contribution in [3.05, 3.63) is 35.9 Å². The van der Waals surface area contributed by atoms with Crippen LogP contribution >= 0.6 is 0 Å². The lowest BCUT2D eigenvalue weighted by Crippen LogP contribution is -2.38. The quantitative estimate of drug-likeness (QED) is 0.789. The van der Waals surface area contributed by atoms with Gasteiger partial charge in [-0.05, 0) is 43.1 Å². The van der Waals surface area contributed by atoms with Crippen molar-refractivity contribution in [1.82, 2.24) is 5.32 Å². The summed E-state index contributed by atoms with van der Waals surface area (Å²) in [5.41, 5.74) is 1.45. The van der Waals surface area contributed by atoms with Crippen LogP contribution in [0.2, 0.25) is 0 Å². The van der Waals surface area contributed by atoms with Crippen molar-refractivity contribution in [2.24, 2.45) is 11.8 Å². The smallest absolute Gasteiger partial charge is 0.0322 e. The van der Waals surface area contributed by atoms with Gasteiger partial charge in [0.25, 0.3) is 0 Å². The molecule has 1 fully saturated rings. The van der Waals surface area contributed by atoms with Crippen LogP contribution in [-0.4, -0.2) is 6.04 Å². The Labute approximate surface area is 118 Å². The van der Waals surface area contributed by atoms with E-state index in [0.717, 1.165) is 11.8 Å². The highest BCUT2D eigenvalue weighted by molar-refractivity contribution is 5.19. The lowest BCUT2D eigenvalue weighted by atomic mass is 9.78. The van der Waals surface area contributed by atoms with Gasteiger partial charge in [0, 0.05) is 12.1 Å². The van der Waals surface area contributed by atoms with Crippen LogP contribution in [0.1, 0.15) is 64.5 Å². The second-order valence-electron chi connectivity index (χ2n) is 6.38. The van der Waals surface area contributed by atoms with Crippen LogP contribution in [0.5, 0.6) is 0 Å². The summed E-state index contributed by atoms with van der Waals surface area (Å²) in [6.07, 6.45) is 6.55. The van der Waals surface area contributed by atoms with Gasteiger partial charge in [0.1, 0.15) is 0 Å². The van der Waals surface area contributed by atoms with Crippen molar-refractivity contribution in [2.45, 2.75) is 65.0 Å². The molecule has 4 unspecified atom stereocenters. The Balaban J connectivity index is 1.97. The fourth-order valence-electron chi connectivity index (χ4n) is 3.30. The zero-order chi connectivity index (χ0) is 13.7. The Morgan fingerprint density at radius 1 is 1.11 bits per heavy atom. The van der Waals surface area contributed by atoms with Crippen LogP contribution in [0.25, 0.3) is 0 Å². The van der Waals surface area contributed by atoms with Crippen molar-refractivity contribution < 1.29 is 0 Å². The number of hydrogen-bond donors (Lipinski definition) is 1. The molecule has 0 aromatic heterocycles. The predicted molar refractivity (Wildman–Crippen MR) is 83.2 cm³/mol. The minimum Gasteiger partial charge on any atom is -0.307 e. The molecule has 0 radical (unpaired) electrons. The molecular formula is C18H29N. The minimum atomic E-state index is 0.539. The number of rotatable bonds is 5. The maximum Gasteiger partial charge on any atom is 0.0322 e. The first-order valence-electron chi connectivity index (χ1n) is 8.01. The van der Waals surface area contributed by atoms with Gasteiger partial charge < -0.3 is 5.32 Å². The number of benzene rings is 1. The maximum atomic E-state index is 3.92. The first kappa shape index (κ1) is 14.6. The number of nitrogens with one attached hydrogen (secondary N) is 1. The lowest BCUT2D eigenvalue weighted by molar-refractivity contribution is 0.212. The lowest BCUT2D eigenvalue weighted by Gasteiger charge is -2.35. The average molecular weight is 259 g/mol. The highest BCUT2D eigenvalue weighted by Gasteiger charge is 2.26. The molecule has 0 bridgehead atoms. The zero-order valence-electron chi connectivity index (χ0n) is 12.7. The summed E-state index contributed by atoms with van der Waals surface area (Å²) in [5, 5.41) is 3.92. The van der Waals surface area contributed by atoms with Gasteiger partial charge >= 0.3 is 0 Å². The molecule has 1 saturated carbocycles. The third-order valence-corrected chi connectivity index (χ3v) is 4.81.